The molecule has 0 bridgehead atoms. The summed E-state index contributed by atoms with van der Waals surface area (Å²) in [5.74, 6) is 0. The Morgan fingerprint density at radius 1 is 1.57 bits per heavy atom. The molecular formula is C4H7NS2. The predicted molar refractivity (Wildman–Crippen MR) is 34.9 cm³/mol. The Balaban J connectivity index is 2.03. The van der Waals surface area contributed by atoms with Gasteiger partial charge in [-0.05, 0) is 23.8 Å². The van der Waals surface area contributed by atoms with E-state index in [9.17, 15) is 0 Å². The van der Waals surface area contributed by atoms with Crippen molar-refractivity contribution in [1.82, 2.24) is 4.31 Å². The maximum absolute atomic E-state index is 2.46. The first-order chi connectivity index (χ1) is 3.47. The minimum atomic E-state index is 0.907. The molecule has 0 radical (unpaired) electrons. The zero-order valence-electron chi connectivity index (χ0n) is 3.96. The van der Waals surface area contributed by atoms with Crippen LogP contribution in [-0.4, -0.2) is 16.2 Å². The van der Waals surface area contributed by atoms with E-state index >= 15 is 0 Å². The van der Waals surface area contributed by atoms with E-state index in [0.29, 0.717) is 0 Å². The Morgan fingerprint density at radius 2 is 2.57 bits per heavy atom. The van der Waals surface area contributed by atoms with Gasteiger partial charge in [0.1, 0.15) is 0 Å². The van der Waals surface area contributed by atoms with Crippen LogP contribution in [0.3, 0.4) is 0 Å². The Bertz CT molecular complexity index is 75.8. The number of hydrogen-bond acceptors (Lipinski definition) is 3. The largest absolute Gasteiger partial charge is 0.227 e. The molecule has 0 amide bonds. The molecule has 2 aliphatic heterocycles. The second kappa shape index (κ2) is 1.57. The van der Waals surface area contributed by atoms with Crippen molar-refractivity contribution in [2.75, 3.05) is 6.54 Å². The Morgan fingerprint density at radius 3 is 2.86 bits per heavy atom. The van der Waals surface area contributed by atoms with E-state index in [1.165, 1.54) is 19.4 Å². The summed E-state index contributed by atoms with van der Waals surface area (Å²) in [6.07, 6.45) is 2.85. The summed E-state index contributed by atoms with van der Waals surface area (Å²) >= 11 is 0. The molecule has 40 valence electrons. The smallest absolute Gasteiger partial charge is 0.0779 e. The predicted octanol–water partition coefficient (Wildman–Crippen LogP) is 1.72. The molecule has 0 aromatic carbocycles. The molecule has 7 heavy (non-hydrogen) atoms. The van der Waals surface area contributed by atoms with Gasteiger partial charge in [0.25, 0.3) is 0 Å². The topological polar surface area (TPSA) is 3.24 Å². The Labute approximate surface area is 51.4 Å². The number of fused-ring (bicyclic) bond motifs is 1. The van der Waals surface area contributed by atoms with E-state index in [2.05, 4.69) is 4.31 Å². The van der Waals surface area contributed by atoms with Gasteiger partial charge in [0, 0.05) is 6.54 Å². The van der Waals surface area contributed by atoms with E-state index in [1.54, 1.807) is 0 Å². The average Bonchev–Trinajstić information content (AvgIpc) is 1.85. The highest BCUT2D eigenvalue weighted by molar-refractivity contribution is 8.78. The minimum absolute atomic E-state index is 0.907. The molecule has 2 fully saturated rings. The normalized spacial score (nSPS) is 40.3. The Kier molecular flexibility index (Phi) is 1.02. The van der Waals surface area contributed by atoms with Crippen LogP contribution in [-0.2, 0) is 0 Å². The molecule has 1 nitrogen and oxygen atoms in total. The van der Waals surface area contributed by atoms with Gasteiger partial charge in [-0.15, -0.1) is 0 Å². The van der Waals surface area contributed by atoms with Gasteiger partial charge < -0.3 is 0 Å². The lowest BCUT2D eigenvalue weighted by molar-refractivity contribution is 0.546. The summed E-state index contributed by atoms with van der Waals surface area (Å²) in [6.45, 7) is 1.34. The summed E-state index contributed by atoms with van der Waals surface area (Å²) < 4.78 is 2.46. The fourth-order valence-corrected chi connectivity index (χ4v) is 3.47. The lowest BCUT2D eigenvalue weighted by atomic mass is 10.4. The van der Waals surface area contributed by atoms with E-state index in [0.717, 1.165) is 5.37 Å². The van der Waals surface area contributed by atoms with Crippen LogP contribution in [0.4, 0.5) is 0 Å². The summed E-state index contributed by atoms with van der Waals surface area (Å²) in [5.41, 5.74) is 0. The standard InChI is InChI=1S/C4H7NS2/c1-2-4-5(3-1)7-6-4/h4H,1-3H2. The molecule has 2 heterocycles. The molecule has 1 unspecified atom stereocenters. The lowest BCUT2D eigenvalue weighted by Crippen LogP contribution is -2.25. The highest BCUT2D eigenvalue weighted by Gasteiger charge is 2.34. The van der Waals surface area contributed by atoms with E-state index in [-0.39, 0.29) is 0 Å². The van der Waals surface area contributed by atoms with Crippen LogP contribution in [0.25, 0.3) is 0 Å². The average molecular weight is 133 g/mol. The molecule has 2 saturated heterocycles. The first kappa shape index (κ1) is 4.53. The summed E-state index contributed by atoms with van der Waals surface area (Å²) in [4.78, 5) is 0. The third-order valence-electron chi connectivity index (χ3n) is 1.40. The van der Waals surface area contributed by atoms with Gasteiger partial charge >= 0.3 is 0 Å². The monoisotopic (exact) mass is 133 g/mol. The van der Waals surface area contributed by atoms with Crippen molar-refractivity contribution in [3.8, 4) is 0 Å². The summed E-state index contributed by atoms with van der Waals surface area (Å²) in [5, 5.41) is 0.907. The van der Waals surface area contributed by atoms with Crippen LogP contribution < -0.4 is 0 Å². The number of nitrogens with zero attached hydrogens (tertiary/aromatic N) is 1. The molecule has 0 saturated carbocycles. The second-order valence-electron chi connectivity index (χ2n) is 1.91. The third kappa shape index (κ3) is 0.590. The maximum Gasteiger partial charge on any atom is 0.0779 e. The molecule has 2 rings (SSSR count). The zero-order valence-corrected chi connectivity index (χ0v) is 5.60. The second-order valence-corrected chi connectivity index (χ2v) is 4.29. The zero-order chi connectivity index (χ0) is 4.69. The highest BCUT2D eigenvalue weighted by Crippen LogP contribution is 2.51. The lowest BCUT2D eigenvalue weighted by Gasteiger charge is -2.30. The minimum Gasteiger partial charge on any atom is -0.227 e. The van der Waals surface area contributed by atoms with E-state index in [4.69, 9.17) is 0 Å². The van der Waals surface area contributed by atoms with Crippen molar-refractivity contribution in [1.29, 1.82) is 0 Å². The van der Waals surface area contributed by atoms with Crippen molar-refractivity contribution >= 4 is 21.8 Å². The number of rotatable bonds is 0. The van der Waals surface area contributed by atoms with E-state index in [1.807, 2.05) is 21.8 Å². The van der Waals surface area contributed by atoms with Gasteiger partial charge in [-0.2, -0.15) is 0 Å². The first-order valence-electron chi connectivity index (χ1n) is 2.57. The van der Waals surface area contributed by atoms with Gasteiger partial charge in [0.15, 0.2) is 0 Å². The SMILES string of the molecule is C1CC2SSN2C1. The molecule has 0 aromatic rings. The third-order valence-corrected chi connectivity index (χ3v) is 4.46. The first-order valence-corrected chi connectivity index (χ1v) is 4.74. The molecule has 3 heteroatoms. The summed E-state index contributed by atoms with van der Waals surface area (Å²) in [7, 11) is 3.94. The van der Waals surface area contributed by atoms with Gasteiger partial charge in [-0.1, -0.05) is 10.8 Å². The highest BCUT2D eigenvalue weighted by atomic mass is 33.1. The quantitative estimate of drug-likeness (QED) is 0.366. The van der Waals surface area contributed by atoms with Crippen molar-refractivity contribution in [2.45, 2.75) is 18.2 Å². The van der Waals surface area contributed by atoms with Crippen LogP contribution in [0.15, 0.2) is 0 Å². The molecule has 0 aliphatic carbocycles. The molecule has 1 atom stereocenters. The maximum atomic E-state index is 2.46. The number of hydrogen-bond donors (Lipinski definition) is 0. The van der Waals surface area contributed by atoms with Crippen LogP contribution in [0.5, 0.6) is 0 Å². The van der Waals surface area contributed by atoms with Crippen molar-refractivity contribution in [3.63, 3.8) is 0 Å². The van der Waals surface area contributed by atoms with Crippen LogP contribution in [0, 0.1) is 0 Å². The molecular weight excluding hydrogens is 126 g/mol. The van der Waals surface area contributed by atoms with Crippen LogP contribution >= 0.6 is 21.8 Å². The summed E-state index contributed by atoms with van der Waals surface area (Å²) in [6, 6.07) is 0. The van der Waals surface area contributed by atoms with Crippen LogP contribution in [0.1, 0.15) is 12.8 Å². The molecule has 0 N–H and O–H groups in total. The van der Waals surface area contributed by atoms with Gasteiger partial charge in [0.2, 0.25) is 0 Å². The fraction of sp³-hybridized carbons (Fsp3) is 1.00. The van der Waals surface area contributed by atoms with Gasteiger partial charge in [-0.25, -0.2) is 4.31 Å². The molecule has 0 spiro atoms. The molecule has 0 aromatic heterocycles. The fourth-order valence-electron chi connectivity index (χ4n) is 0.960. The van der Waals surface area contributed by atoms with Crippen molar-refractivity contribution < 1.29 is 0 Å². The van der Waals surface area contributed by atoms with Gasteiger partial charge in [-0.3, -0.25) is 0 Å². The molecule has 2 aliphatic rings. The van der Waals surface area contributed by atoms with Crippen molar-refractivity contribution in [2.24, 2.45) is 0 Å². The van der Waals surface area contributed by atoms with Gasteiger partial charge in [0.05, 0.1) is 5.37 Å². The van der Waals surface area contributed by atoms with E-state index < -0.39 is 0 Å². The van der Waals surface area contributed by atoms with Crippen molar-refractivity contribution in [3.05, 3.63) is 0 Å². The Hall–Kier alpha value is 0.660. The van der Waals surface area contributed by atoms with Crippen LogP contribution in [0.2, 0.25) is 0 Å².